The zero-order valence-electron chi connectivity index (χ0n) is 14.4. The van der Waals surface area contributed by atoms with Gasteiger partial charge in [-0.15, -0.1) is 11.8 Å². The molecule has 5 heteroatoms. The van der Waals surface area contributed by atoms with Gasteiger partial charge in [-0.05, 0) is 55.5 Å². The summed E-state index contributed by atoms with van der Waals surface area (Å²) in [5.74, 6) is 0.340. The van der Waals surface area contributed by atoms with Crippen molar-refractivity contribution >= 4 is 34.7 Å². The van der Waals surface area contributed by atoms with E-state index in [1.807, 2.05) is 85.8 Å². The molecular formula is C21H19N3OS. The van der Waals surface area contributed by atoms with E-state index in [1.54, 1.807) is 0 Å². The fourth-order valence-corrected chi connectivity index (χ4v) is 2.90. The molecule has 0 saturated carbocycles. The van der Waals surface area contributed by atoms with Crippen LogP contribution < -0.4 is 5.32 Å². The lowest BCUT2D eigenvalue weighted by Crippen LogP contribution is -2.13. The van der Waals surface area contributed by atoms with Gasteiger partial charge in [0.25, 0.3) is 0 Å². The second-order valence-corrected chi connectivity index (χ2v) is 6.78. The molecule has 0 radical (unpaired) electrons. The molecule has 1 amide bonds. The van der Waals surface area contributed by atoms with Gasteiger partial charge < -0.3 is 5.32 Å². The largest absolute Gasteiger partial charge is 0.325 e. The quantitative estimate of drug-likeness (QED) is 0.423. The van der Waals surface area contributed by atoms with Crippen LogP contribution in [0.25, 0.3) is 0 Å². The van der Waals surface area contributed by atoms with Gasteiger partial charge in [-0.25, -0.2) is 0 Å². The summed E-state index contributed by atoms with van der Waals surface area (Å²) < 4.78 is 0. The van der Waals surface area contributed by atoms with E-state index in [9.17, 15) is 4.79 Å². The Morgan fingerprint density at radius 3 is 2.12 bits per heavy atom. The molecule has 0 aliphatic heterocycles. The van der Waals surface area contributed by atoms with Crippen LogP contribution >= 0.6 is 11.8 Å². The smallest absolute Gasteiger partial charge is 0.234 e. The van der Waals surface area contributed by atoms with Crippen LogP contribution in [0, 0.1) is 6.92 Å². The highest BCUT2D eigenvalue weighted by Gasteiger charge is 2.04. The van der Waals surface area contributed by atoms with Gasteiger partial charge in [0.05, 0.1) is 17.1 Å². The fraction of sp³-hybridized carbons (Fsp3) is 0.0952. The lowest BCUT2D eigenvalue weighted by Gasteiger charge is -2.05. The van der Waals surface area contributed by atoms with Gasteiger partial charge in [-0.2, -0.15) is 10.2 Å². The van der Waals surface area contributed by atoms with E-state index in [0.717, 1.165) is 22.0 Å². The fourth-order valence-electron chi connectivity index (χ4n) is 2.20. The first-order valence-electron chi connectivity index (χ1n) is 8.25. The minimum Gasteiger partial charge on any atom is -0.325 e. The van der Waals surface area contributed by atoms with Crippen LogP contribution in [-0.2, 0) is 4.79 Å². The molecule has 0 aliphatic carbocycles. The van der Waals surface area contributed by atoms with E-state index in [2.05, 4.69) is 15.5 Å². The Morgan fingerprint density at radius 2 is 1.46 bits per heavy atom. The maximum atomic E-state index is 12.1. The van der Waals surface area contributed by atoms with Crippen molar-refractivity contribution in [2.24, 2.45) is 10.2 Å². The molecule has 130 valence electrons. The highest BCUT2D eigenvalue weighted by molar-refractivity contribution is 8.00. The third-order valence-electron chi connectivity index (χ3n) is 3.58. The van der Waals surface area contributed by atoms with Crippen molar-refractivity contribution in [2.45, 2.75) is 11.8 Å². The molecule has 3 rings (SSSR count). The average Bonchev–Trinajstić information content (AvgIpc) is 2.68. The van der Waals surface area contributed by atoms with Gasteiger partial charge in [0.15, 0.2) is 0 Å². The van der Waals surface area contributed by atoms with Gasteiger partial charge in [-0.1, -0.05) is 35.9 Å². The Labute approximate surface area is 157 Å². The first kappa shape index (κ1) is 17.9. The number of nitrogens with one attached hydrogen (secondary N) is 1. The molecule has 0 heterocycles. The van der Waals surface area contributed by atoms with Gasteiger partial charge in [-0.3, -0.25) is 4.79 Å². The van der Waals surface area contributed by atoms with Crippen molar-refractivity contribution < 1.29 is 4.79 Å². The standard InChI is InChI=1S/C21H19N3OS/c1-16-7-13-20(14-8-16)26-15-21(25)22-17-9-11-19(12-10-17)24-23-18-5-3-2-4-6-18/h2-14H,15H2,1H3,(H,22,25). The van der Waals surface area contributed by atoms with Crippen molar-refractivity contribution in [1.29, 1.82) is 0 Å². The minimum absolute atomic E-state index is 0.0331. The molecule has 0 saturated heterocycles. The van der Waals surface area contributed by atoms with Crippen molar-refractivity contribution in [2.75, 3.05) is 11.1 Å². The zero-order valence-corrected chi connectivity index (χ0v) is 15.2. The van der Waals surface area contributed by atoms with Crippen LogP contribution in [-0.4, -0.2) is 11.7 Å². The van der Waals surface area contributed by atoms with Crippen LogP contribution in [0.15, 0.2) is 94.0 Å². The molecule has 0 atom stereocenters. The minimum atomic E-state index is -0.0331. The average molecular weight is 361 g/mol. The van der Waals surface area contributed by atoms with Gasteiger partial charge in [0.1, 0.15) is 0 Å². The number of hydrogen-bond donors (Lipinski definition) is 1. The molecule has 0 aliphatic rings. The summed E-state index contributed by atoms with van der Waals surface area (Å²) in [6.07, 6.45) is 0. The molecule has 0 spiro atoms. The number of carbonyl (C=O) groups excluding carboxylic acids is 1. The molecule has 3 aromatic rings. The highest BCUT2D eigenvalue weighted by Crippen LogP contribution is 2.21. The molecular weight excluding hydrogens is 342 g/mol. The lowest BCUT2D eigenvalue weighted by molar-refractivity contribution is -0.113. The summed E-state index contributed by atoms with van der Waals surface area (Å²) in [5, 5.41) is 11.3. The first-order valence-corrected chi connectivity index (χ1v) is 9.24. The van der Waals surface area contributed by atoms with E-state index >= 15 is 0 Å². The van der Waals surface area contributed by atoms with Crippen LogP contribution in [0.4, 0.5) is 17.1 Å². The van der Waals surface area contributed by atoms with Gasteiger partial charge in [0, 0.05) is 10.6 Å². The molecule has 0 bridgehead atoms. The molecule has 1 N–H and O–H groups in total. The SMILES string of the molecule is Cc1ccc(SCC(=O)Nc2ccc(N=Nc3ccccc3)cc2)cc1. The monoisotopic (exact) mass is 361 g/mol. The maximum absolute atomic E-state index is 12.1. The zero-order chi connectivity index (χ0) is 18.2. The van der Waals surface area contributed by atoms with Crippen molar-refractivity contribution in [3.8, 4) is 0 Å². The number of hydrogen-bond acceptors (Lipinski definition) is 4. The summed E-state index contributed by atoms with van der Waals surface area (Å²) in [6, 6.07) is 25.0. The maximum Gasteiger partial charge on any atom is 0.234 e. The van der Waals surface area contributed by atoms with Crippen molar-refractivity contribution in [3.63, 3.8) is 0 Å². The predicted octanol–water partition coefficient (Wildman–Crippen LogP) is 6.14. The second-order valence-electron chi connectivity index (χ2n) is 5.73. The molecule has 0 aromatic heterocycles. The summed E-state index contributed by atoms with van der Waals surface area (Å²) in [4.78, 5) is 13.2. The number of rotatable bonds is 6. The van der Waals surface area contributed by atoms with Crippen LogP contribution in [0.2, 0.25) is 0 Å². The molecule has 4 nitrogen and oxygen atoms in total. The summed E-state index contributed by atoms with van der Waals surface area (Å²) in [5.41, 5.74) is 3.50. The molecule has 0 fully saturated rings. The second kappa shape index (κ2) is 8.97. The van der Waals surface area contributed by atoms with Gasteiger partial charge in [0.2, 0.25) is 5.91 Å². The topological polar surface area (TPSA) is 53.8 Å². The predicted molar refractivity (Wildman–Crippen MR) is 108 cm³/mol. The van der Waals surface area contributed by atoms with E-state index in [-0.39, 0.29) is 5.91 Å². The van der Waals surface area contributed by atoms with Crippen LogP contribution in [0.5, 0.6) is 0 Å². The van der Waals surface area contributed by atoms with Gasteiger partial charge >= 0.3 is 0 Å². The highest BCUT2D eigenvalue weighted by atomic mass is 32.2. The normalized spacial score (nSPS) is 10.8. The summed E-state index contributed by atoms with van der Waals surface area (Å²) in [7, 11) is 0. The molecule has 3 aromatic carbocycles. The Bertz CT molecular complexity index is 875. The Balaban J connectivity index is 1.51. The number of anilines is 1. The van der Waals surface area contributed by atoms with Crippen LogP contribution in [0.3, 0.4) is 0 Å². The lowest BCUT2D eigenvalue weighted by atomic mass is 10.2. The van der Waals surface area contributed by atoms with Crippen molar-refractivity contribution in [1.82, 2.24) is 0 Å². The Hall–Kier alpha value is -2.92. The molecule has 26 heavy (non-hydrogen) atoms. The summed E-state index contributed by atoms with van der Waals surface area (Å²) in [6.45, 7) is 2.05. The van der Waals surface area contributed by atoms with Crippen molar-refractivity contribution in [3.05, 3.63) is 84.4 Å². The number of benzene rings is 3. The number of carbonyl (C=O) groups is 1. The Kier molecular flexibility index (Phi) is 6.17. The number of thioether (sulfide) groups is 1. The third-order valence-corrected chi connectivity index (χ3v) is 4.59. The van der Waals surface area contributed by atoms with E-state index in [0.29, 0.717) is 5.75 Å². The number of aryl methyl sites for hydroxylation is 1. The number of amides is 1. The van der Waals surface area contributed by atoms with E-state index < -0.39 is 0 Å². The number of nitrogens with zero attached hydrogens (tertiary/aromatic N) is 2. The van der Waals surface area contributed by atoms with E-state index in [1.165, 1.54) is 17.3 Å². The first-order chi connectivity index (χ1) is 12.7. The van der Waals surface area contributed by atoms with Crippen LogP contribution in [0.1, 0.15) is 5.56 Å². The van der Waals surface area contributed by atoms with E-state index in [4.69, 9.17) is 0 Å². The Morgan fingerprint density at radius 1 is 0.846 bits per heavy atom. The summed E-state index contributed by atoms with van der Waals surface area (Å²) >= 11 is 1.52. The molecule has 0 unspecified atom stereocenters. The number of azo groups is 1. The third kappa shape index (κ3) is 5.57.